The van der Waals surface area contributed by atoms with Crippen LogP contribution in [0.15, 0.2) is 176 Å². The van der Waals surface area contributed by atoms with Crippen molar-refractivity contribution in [2.24, 2.45) is 0 Å². The van der Waals surface area contributed by atoms with Crippen molar-refractivity contribution in [3.05, 3.63) is 204 Å². The van der Waals surface area contributed by atoms with Crippen LogP contribution in [0.4, 0.5) is 0 Å². The normalized spacial score (nSPS) is 13.1. The highest BCUT2D eigenvalue weighted by Gasteiger charge is 2.46. The van der Waals surface area contributed by atoms with Crippen LogP contribution in [-0.4, -0.2) is 0 Å². The Bertz CT molecular complexity index is 2280. The maximum absolute atomic E-state index is 2.46. The minimum absolute atomic E-state index is 0.473. The van der Waals surface area contributed by atoms with E-state index in [1.54, 1.807) is 0 Å². The lowest BCUT2D eigenvalue weighted by atomic mass is 9.67. The van der Waals surface area contributed by atoms with Gasteiger partial charge >= 0.3 is 0 Å². The monoisotopic (exact) mass is 584 g/mol. The summed E-state index contributed by atoms with van der Waals surface area (Å²) in [6.45, 7) is 2.17. The first-order chi connectivity index (χ1) is 22.7. The summed E-state index contributed by atoms with van der Waals surface area (Å²) in [5.41, 5.74) is 13.6. The Morgan fingerprint density at radius 2 is 0.739 bits per heavy atom. The third-order valence-corrected chi connectivity index (χ3v) is 9.99. The number of benzene rings is 8. The fourth-order valence-electron chi connectivity index (χ4n) is 7.70. The lowest BCUT2D eigenvalue weighted by Crippen LogP contribution is -2.28. The van der Waals surface area contributed by atoms with E-state index in [-0.39, 0.29) is 0 Å². The van der Waals surface area contributed by atoms with Gasteiger partial charge in [-0.3, -0.25) is 0 Å². The minimum Gasteiger partial charge on any atom is -0.0622 e. The van der Waals surface area contributed by atoms with E-state index in [9.17, 15) is 0 Å². The van der Waals surface area contributed by atoms with Crippen molar-refractivity contribution in [3.8, 4) is 33.4 Å². The van der Waals surface area contributed by atoms with E-state index >= 15 is 0 Å². The van der Waals surface area contributed by atoms with Crippen molar-refractivity contribution in [2.75, 3.05) is 0 Å². The molecule has 8 aromatic rings. The van der Waals surface area contributed by atoms with Crippen LogP contribution in [0.3, 0.4) is 0 Å². The number of fused-ring (bicyclic) bond motifs is 5. The van der Waals surface area contributed by atoms with Crippen molar-refractivity contribution in [1.82, 2.24) is 0 Å². The molecule has 0 spiro atoms. The lowest BCUT2D eigenvalue weighted by molar-refractivity contribution is 0.768. The highest BCUT2D eigenvalue weighted by atomic mass is 14.5. The van der Waals surface area contributed by atoms with Gasteiger partial charge in [0, 0.05) is 0 Å². The minimum atomic E-state index is -0.473. The van der Waals surface area contributed by atoms with Gasteiger partial charge in [0.1, 0.15) is 0 Å². The van der Waals surface area contributed by atoms with Gasteiger partial charge in [-0.05, 0) is 108 Å². The van der Waals surface area contributed by atoms with Gasteiger partial charge in [-0.25, -0.2) is 0 Å². The maximum atomic E-state index is 2.46. The molecule has 0 fully saturated rings. The summed E-state index contributed by atoms with van der Waals surface area (Å²) >= 11 is 0. The standard InChI is InChI=1S/C46H32/c1-31-15-23-41(24-16-31)46(40-13-3-2-4-14-40)44-29-38(36-19-17-32-9-5-7-11-34(32)27-36)21-25-42(44)43-26-22-39(30-45(43)46)37-20-18-33-10-6-8-12-35(33)28-37/h2-30H,1H3. The summed E-state index contributed by atoms with van der Waals surface area (Å²) in [5.74, 6) is 0. The van der Waals surface area contributed by atoms with Gasteiger partial charge in [0.2, 0.25) is 0 Å². The van der Waals surface area contributed by atoms with E-state index in [1.165, 1.54) is 82.7 Å². The Morgan fingerprint density at radius 1 is 0.326 bits per heavy atom. The summed E-state index contributed by atoms with van der Waals surface area (Å²) in [4.78, 5) is 0. The maximum Gasteiger partial charge on any atom is 0.0714 e. The molecular weight excluding hydrogens is 553 g/mol. The quantitative estimate of drug-likeness (QED) is 0.193. The largest absolute Gasteiger partial charge is 0.0714 e. The molecule has 0 heterocycles. The molecule has 0 unspecified atom stereocenters. The van der Waals surface area contributed by atoms with Crippen LogP contribution in [-0.2, 0) is 5.41 Å². The molecule has 0 nitrogen and oxygen atoms in total. The average Bonchev–Trinajstić information content (AvgIpc) is 3.41. The SMILES string of the molecule is Cc1ccc(C2(c3ccccc3)c3cc(-c4ccc5ccccc5c4)ccc3-c3ccc(-c4ccc5ccccc5c4)cc32)cc1. The van der Waals surface area contributed by atoms with Crippen molar-refractivity contribution < 1.29 is 0 Å². The smallest absolute Gasteiger partial charge is 0.0622 e. The van der Waals surface area contributed by atoms with Gasteiger partial charge in [-0.15, -0.1) is 0 Å². The van der Waals surface area contributed by atoms with Crippen molar-refractivity contribution in [3.63, 3.8) is 0 Å². The Kier molecular flexibility index (Phi) is 6.05. The predicted molar refractivity (Wildman–Crippen MR) is 194 cm³/mol. The fourth-order valence-corrected chi connectivity index (χ4v) is 7.70. The van der Waals surface area contributed by atoms with Crippen molar-refractivity contribution >= 4 is 21.5 Å². The zero-order valence-electron chi connectivity index (χ0n) is 25.7. The Hall–Kier alpha value is -5.72. The molecule has 46 heavy (non-hydrogen) atoms. The van der Waals surface area contributed by atoms with E-state index in [0.29, 0.717) is 0 Å². The van der Waals surface area contributed by atoms with Crippen LogP contribution in [0.25, 0.3) is 54.9 Å². The number of hydrogen-bond acceptors (Lipinski definition) is 0. The average molecular weight is 585 g/mol. The summed E-state index contributed by atoms with van der Waals surface area (Å²) in [7, 11) is 0. The van der Waals surface area contributed by atoms with Gasteiger partial charge < -0.3 is 0 Å². The summed E-state index contributed by atoms with van der Waals surface area (Å²) in [6, 6.07) is 65.5. The van der Waals surface area contributed by atoms with E-state index in [1.807, 2.05) is 0 Å². The molecule has 9 rings (SSSR count). The van der Waals surface area contributed by atoms with E-state index in [0.717, 1.165) is 0 Å². The van der Waals surface area contributed by atoms with Crippen LogP contribution in [0.5, 0.6) is 0 Å². The zero-order valence-corrected chi connectivity index (χ0v) is 25.7. The van der Waals surface area contributed by atoms with E-state index in [2.05, 4.69) is 183 Å². The molecule has 0 atom stereocenters. The van der Waals surface area contributed by atoms with E-state index < -0.39 is 5.41 Å². The third-order valence-electron chi connectivity index (χ3n) is 9.99. The highest BCUT2D eigenvalue weighted by molar-refractivity contribution is 5.93. The fraction of sp³-hybridized carbons (Fsp3) is 0.0435. The van der Waals surface area contributed by atoms with Gasteiger partial charge in [0.25, 0.3) is 0 Å². The first-order valence-corrected chi connectivity index (χ1v) is 16.1. The van der Waals surface area contributed by atoms with Gasteiger partial charge in [0.05, 0.1) is 5.41 Å². The topological polar surface area (TPSA) is 0 Å². The molecule has 0 saturated carbocycles. The number of hydrogen-bond donors (Lipinski definition) is 0. The molecule has 0 amide bonds. The van der Waals surface area contributed by atoms with Gasteiger partial charge in [-0.1, -0.05) is 157 Å². The van der Waals surface area contributed by atoms with Gasteiger partial charge in [-0.2, -0.15) is 0 Å². The second kappa shape index (κ2) is 10.4. The number of rotatable bonds is 4. The molecule has 216 valence electrons. The lowest BCUT2D eigenvalue weighted by Gasteiger charge is -2.34. The molecular formula is C46H32. The first kappa shape index (κ1) is 26.7. The predicted octanol–water partition coefficient (Wildman–Crippen LogP) is 12.0. The van der Waals surface area contributed by atoms with Crippen LogP contribution < -0.4 is 0 Å². The van der Waals surface area contributed by atoms with Crippen molar-refractivity contribution in [2.45, 2.75) is 12.3 Å². The summed E-state index contributed by atoms with van der Waals surface area (Å²) < 4.78 is 0. The first-order valence-electron chi connectivity index (χ1n) is 16.1. The summed E-state index contributed by atoms with van der Waals surface area (Å²) in [5, 5.41) is 5.05. The molecule has 0 saturated heterocycles. The molecule has 0 aliphatic heterocycles. The molecule has 0 radical (unpaired) electrons. The molecule has 0 bridgehead atoms. The summed E-state index contributed by atoms with van der Waals surface area (Å²) in [6.07, 6.45) is 0. The van der Waals surface area contributed by atoms with E-state index in [4.69, 9.17) is 0 Å². The second-order valence-corrected chi connectivity index (χ2v) is 12.6. The van der Waals surface area contributed by atoms with Crippen LogP contribution in [0, 0.1) is 6.92 Å². The van der Waals surface area contributed by atoms with Gasteiger partial charge in [0.15, 0.2) is 0 Å². The molecule has 0 N–H and O–H groups in total. The van der Waals surface area contributed by atoms with Crippen molar-refractivity contribution in [1.29, 1.82) is 0 Å². The van der Waals surface area contributed by atoms with Crippen LogP contribution >= 0.6 is 0 Å². The Balaban J connectivity index is 1.33. The molecule has 8 aromatic carbocycles. The molecule has 0 heteroatoms. The van der Waals surface area contributed by atoms with Crippen LogP contribution in [0.1, 0.15) is 27.8 Å². The number of aryl methyl sites for hydroxylation is 1. The molecule has 0 aromatic heterocycles. The Labute approximate surface area is 270 Å². The Morgan fingerprint density at radius 3 is 1.26 bits per heavy atom. The highest BCUT2D eigenvalue weighted by Crippen LogP contribution is 2.57. The molecule has 1 aliphatic carbocycles. The van der Waals surface area contributed by atoms with Crippen LogP contribution in [0.2, 0.25) is 0 Å². The zero-order chi connectivity index (χ0) is 30.7. The molecule has 1 aliphatic rings. The third kappa shape index (κ3) is 4.07. The second-order valence-electron chi connectivity index (χ2n) is 12.6.